The van der Waals surface area contributed by atoms with Crippen LogP contribution in [0.4, 0.5) is 5.82 Å². The lowest BCUT2D eigenvalue weighted by Gasteiger charge is -2.33. The van der Waals surface area contributed by atoms with Gasteiger partial charge in [-0.2, -0.15) is 0 Å². The third kappa shape index (κ3) is 4.42. The molecule has 1 aromatic carbocycles. The van der Waals surface area contributed by atoms with Gasteiger partial charge < -0.3 is 16.0 Å². The first kappa shape index (κ1) is 20.6. The van der Waals surface area contributed by atoms with Crippen LogP contribution in [0.15, 0.2) is 33.6 Å². The number of amides is 1. The third-order valence-electron chi connectivity index (χ3n) is 5.06. The number of hydrogen-bond donors (Lipinski definition) is 2. The first-order chi connectivity index (χ1) is 13.9. The maximum absolute atomic E-state index is 11.7. The molecule has 3 heterocycles. The first-order valence-corrected chi connectivity index (χ1v) is 11.9. The predicted octanol–water partition coefficient (Wildman–Crippen LogP) is 3.63. The number of aryl methyl sites for hydroxylation is 2. The number of piperazine rings is 1. The number of aromatic nitrogens is 2. The Kier molecular flexibility index (Phi) is 6.10. The van der Waals surface area contributed by atoms with Crippen molar-refractivity contribution in [3.8, 4) is 0 Å². The molecule has 0 aliphatic carbocycles. The highest BCUT2D eigenvalue weighted by atomic mass is 79.9. The number of benzene rings is 1. The van der Waals surface area contributed by atoms with Crippen LogP contribution in [0.5, 0.6) is 0 Å². The number of carbonyl (C=O) groups excluding carboxylic acids is 1. The Morgan fingerprint density at radius 1 is 1.34 bits per heavy atom. The van der Waals surface area contributed by atoms with Crippen LogP contribution in [0.2, 0.25) is 0 Å². The van der Waals surface area contributed by atoms with Gasteiger partial charge in [0.05, 0.1) is 11.1 Å². The second-order valence-electron chi connectivity index (χ2n) is 7.02. The van der Waals surface area contributed by atoms with Gasteiger partial charge in [-0.25, -0.2) is 9.97 Å². The zero-order valence-corrected chi connectivity index (χ0v) is 19.5. The summed E-state index contributed by atoms with van der Waals surface area (Å²) in [5.74, 6) is 2.07. The lowest BCUT2D eigenvalue weighted by Crippen LogP contribution is -2.56. The van der Waals surface area contributed by atoms with Crippen molar-refractivity contribution in [2.45, 2.75) is 30.5 Å². The van der Waals surface area contributed by atoms with Gasteiger partial charge in [-0.3, -0.25) is 4.79 Å². The topological polar surface area (TPSA) is 84.1 Å². The zero-order valence-electron chi connectivity index (χ0n) is 16.2. The molecule has 6 nitrogen and oxygen atoms in total. The molecule has 4 rings (SSSR count). The zero-order chi connectivity index (χ0) is 20.5. The van der Waals surface area contributed by atoms with Gasteiger partial charge in [0.25, 0.3) is 0 Å². The van der Waals surface area contributed by atoms with E-state index in [4.69, 9.17) is 15.7 Å². The Labute approximate surface area is 186 Å². The Balaban J connectivity index is 1.68. The van der Waals surface area contributed by atoms with Crippen LogP contribution in [0.1, 0.15) is 16.3 Å². The van der Waals surface area contributed by atoms with Crippen molar-refractivity contribution in [1.82, 2.24) is 15.3 Å². The molecule has 1 amide bonds. The number of nitrogens with two attached hydrogens (primary N) is 1. The van der Waals surface area contributed by atoms with E-state index in [9.17, 15) is 4.79 Å². The standard InChI is InChI=1S/C20H22BrN5OS2/c1-11-12(2)29-20-17(11)19(26-8-7-23-15(9-26)18(22)27)24-16(25-20)10-28-14-5-3-13(21)4-6-14/h3-6,15,23H,7-10H2,1-2H3,(H2,22,27)/t15-/m1/s1. The first-order valence-electron chi connectivity index (χ1n) is 9.35. The Bertz CT molecular complexity index is 1050. The van der Waals surface area contributed by atoms with Crippen LogP contribution >= 0.6 is 39.0 Å². The molecule has 1 aliphatic heterocycles. The van der Waals surface area contributed by atoms with Gasteiger partial charge in [-0.15, -0.1) is 23.1 Å². The predicted molar refractivity (Wildman–Crippen MR) is 124 cm³/mol. The molecule has 3 aromatic rings. The summed E-state index contributed by atoms with van der Waals surface area (Å²) in [6.45, 7) is 6.24. The van der Waals surface area contributed by atoms with Gasteiger partial charge >= 0.3 is 0 Å². The van der Waals surface area contributed by atoms with Crippen molar-refractivity contribution in [3.05, 3.63) is 45.0 Å². The van der Waals surface area contributed by atoms with Crippen LogP contribution in [0.3, 0.4) is 0 Å². The lowest BCUT2D eigenvalue weighted by molar-refractivity contribution is -0.120. The fourth-order valence-electron chi connectivity index (χ4n) is 3.38. The van der Waals surface area contributed by atoms with E-state index in [0.29, 0.717) is 18.8 Å². The SMILES string of the molecule is Cc1sc2nc(CSc3ccc(Br)cc3)nc(N3CCN[C@@H](C(N)=O)C3)c2c1C. The monoisotopic (exact) mass is 491 g/mol. The molecule has 1 fully saturated rings. The normalized spacial score (nSPS) is 17.1. The van der Waals surface area contributed by atoms with Gasteiger partial charge in [-0.05, 0) is 43.7 Å². The van der Waals surface area contributed by atoms with Crippen LogP contribution in [-0.2, 0) is 10.5 Å². The molecular formula is C20H22BrN5OS2. The Morgan fingerprint density at radius 2 is 2.10 bits per heavy atom. The summed E-state index contributed by atoms with van der Waals surface area (Å²) in [6.07, 6.45) is 0. The van der Waals surface area contributed by atoms with E-state index >= 15 is 0 Å². The number of thiophene rings is 1. The van der Waals surface area contributed by atoms with Crippen LogP contribution in [0.25, 0.3) is 10.2 Å². The van der Waals surface area contributed by atoms with Crippen LogP contribution in [0, 0.1) is 13.8 Å². The van der Waals surface area contributed by atoms with Crippen molar-refractivity contribution < 1.29 is 4.79 Å². The van der Waals surface area contributed by atoms with E-state index < -0.39 is 0 Å². The second kappa shape index (κ2) is 8.59. The summed E-state index contributed by atoms with van der Waals surface area (Å²) in [7, 11) is 0. The molecule has 1 aliphatic rings. The number of nitrogens with zero attached hydrogens (tertiary/aromatic N) is 3. The van der Waals surface area contributed by atoms with E-state index in [1.165, 1.54) is 15.3 Å². The minimum absolute atomic E-state index is 0.329. The van der Waals surface area contributed by atoms with Crippen LogP contribution < -0.4 is 16.0 Å². The Morgan fingerprint density at radius 3 is 2.83 bits per heavy atom. The van der Waals surface area contributed by atoms with E-state index in [-0.39, 0.29) is 11.9 Å². The summed E-state index contributed by atoms with van der Waals surface area (Å²) in [4.78, 5) is 27.1. The number of rotatable bonds is 5. The summed E-state index contributed by atoms with van der Waals surface area (Å²) in [5.41, 5.74) is 6.75. The quantitative estimate of drug-likeness (QED) is 0.530. The van der Waals surface area contributed by atoms with E-state index in [1.807, 2.05) is 12.1 Å². The molecule has 3 N–H and O–H groups in total. The van der Waals surface area contributed by atoms with Gasteiger partial charge in [-0.1, -0.05) is 15.9 Å². The molecule has 152 valence electrons. The minimum Gasteiger partial charge on any atom is -0.368 e. The summed E-state index contributed by atoms with van der Waals surface area (Å²) >= 11 is 6.89. The molecule has 9 heteroatoms. The van der Waals surface area contributed by atoms with Crippen molar-refractivity contribution in [2.75, 3.05) is 24.5 Å². The molecular weight excluding hydrogens is 470 g/mol. The Hall–Kier alpha value is -1.68. The van der Waals surface area contributed by atoms with E-state index in [2.05, 4.69) is 52.1 Å². The molecule has 1 atom stereocenters. The number of fused-ring (bicyclic) bond motifs is 1. The molecule has 1 saturated heterocycles. The minimum atomic E-state index is -0.366. The molecule has 0 spiro atoms. The molecule has 0 radical (unpaired) electrons. The van der Waals surface area contributed by atoms with Gasteiger partial charge in [0.2, 0.25) is 5.91 Å². The van der Waals surface area contributed by atoms with Crippen molar-refractivity contribution in [2.24, 2.45) is 5.73 Å². The van der Waals surface area contributed by atoms with Crippen molar-refractivity contribution in [1.29, 1.82) is 0 Å². The summed E-state index contributed by atoms with van der Waals surface area (Å²) in [6, 6.07) is 7.88. The summed E-state index contributed by atoms with van der Waals surface area (Å²) in [5, 5.41) is 4.28. The number of nitrogens with one attached hydrogen (secondary N) is 1. The number of halogens is 1. The largest absolute Gasteiger partial charge is 0.368 e. The maximum atomic E-state index is 11.7. The van der Waals surface area contributed by atoms with Crippen molar-refractivity contribution in [3.63, 3.8) is 0 Å². The third-order valence-corrected chi connectivity index (χ3v) is 7.69. The van der Waals surface area contributed by atoms with Gasteiger partial charge in [0.15, 0.2) is 0 Å². The number of primary amides is 1. The average molecular weight is 492 g/mol. The van der Waals surface area contributed by atoms with Crippen LogP contribution in [-0.4, -0.2) is 41.6 Å². The van der Waals surface area contributed by atoms with E-state index in [1.54, 1.807) is 23.1 Å². The fourth-order valence-corrected chi connectivity index (χ4v) is 5.44. The number of thioether (sulfide) groups is 1. The molecule has 29 heavy (non-hydrogen) atoms. The maximum Gasteiger partial charge on any atom is 0.236 e. The smallest absolute Gasteiger partial charge is 0.236 e. The number of carbonyl (C=O) groups is 1. The number of hydrogen-bond acceptors (Lipinski definition) is 7. The molecule has 0 unspecified atom stereocenters. The molecule has 0 bridgehead atoms. The summed E-state index contributed by atoms with van der Waals surface area (Å²) < 4.78 is 1.06. The molecule has 2 aromatic heterocycles. The van der Waals surface area contributed by atoms with Crippen molar-refractivity contribution >= 4 is 61.0 Å². The highest BCUT2D eigenvalue weighted by Crippen LogP contribution is 2.36. The fraction of sp³-hybridized carbons (Fsp3) is 0.350. The highest BCUT2D eigenvalue weighted by Gasteiger charge is 2.27. The van der Waals surface area contributed by atoms with Gasteiger partial charge in [0, 0.05) is 33.9 Å². The second-order valence-corrected chi connectivity index (χ2v) is 10.2. The lowest BCUT2D eigenvalue weighted by atomic mass is 10.1. The van der Waals surface area contributed by atoms with Gasteiger partial charge in [0.1, 0.15) is 22.5 Å². The van der Waals surface area contributed by atoms with E-state index in [0.717, 1.165) is 32.9 Å². The molecule has 0 saturated carbocycles. The average Bonchev–Trinajstić information content (AvgIpc) is 3.00. The number of anilines is 1. The highest BCUT2D eigenvalue weighted by molar-refractivity contribution is 9.10.